The Hall–Kier alpha value is -3.59. The number of rotatable bonds is 3. The molecule has 2 atom stereocenters. The summed E-state index contributed by atoms with van der Waals surface area (Å²) in [5.41, 5.74) is 0.428. The number of benzene rings is 2. The second kappa shape index (κ2) is 8.51. The molecule has 2 aromatic rings. The number of nitrogens with one attached hydrogen (secondary N) is 1. The Morgan fingerprint density at radius 3 is 2.34 bits per heavy atom. The predicted molar refractivity (Wildman–Crippen MR) is 116 cm³/mol. The summed E-state index contributed by atoms with van der Waals surface area (Å²) in [4.78, 5) is 43.6. The lowest BCUT2D eigenvalue weighted by Gasteiger charge is -2.39. The molecule has 9 nitrogen and oxygen atoms in total. The quantitative estimate of drug-likeness (QED) is 0.798. The number of hydrogen-bond donors (Lipinski definition) is 1. The minimum absolute atomic E-state index is 0.183. The minimum Gasteiger partial charge on any atom is -0.457 e. The summed E-state index contributed by atoms with van der Waals surface area (Å²) in [7, 11) is 0. The zero-order valence-electron chi connectivity index (χ0n) is 17.5. The topological polar surface area (TPSA) is 91.4 Å². The first kappa shape index (κ1) is 20.3. The van der Waals surface area contributed by atoms with Crippen molar-refractivity contribution in [2.45, 2.75) is 18.5 Å². The summed E-state index contributed by atoms with van der Waals surface area (Å²) in [6.45, 7) is 2.40. The van der Waals surface area contributed by atoms with Crippen LogP contribution in [0.2, 0.25) is 0 Å². The molecule has 5 amide bonds. The van der Waals surface area contributed by atoms with E-state index in [4.69, 9.17) is 9.47 Å². The van der Waals surface area contributed by atoms with Crippen LogP contribution in [0.5, 0.6) is 11.5 Å². The van der Waals surface area contributed by atoms with E-state index in [1.807, 2.05) is 30.3 Å². The van der Waals surface area contributed by atoms with Crippen molar-refractivity contribution in [3.8, 4) is 11.5 Å². The van der Waals surface area contributed by atoms with Crippen LogP contribution in [-0.2, 0) is 9.53 Å². The number of nitrogens with zero attached hydrogens (tertiary/aromatic N) is 3. The number of fused-ring (bicyclic) bond motifs is 1. The van der Waals surface area contributed by atoms with Crippen molar-refractivity contribution in [2.75, 3.05) is 37.7 Å². The maximum absolute atomic E-state index is 13.4. The van der Waals surface area contributed by atoms with Gasteiger partial charge in [-0.1, -0.05) is 18.2 Å². The highest BCUT2D eigenvalue weighted by Gasteiger charge is 2.50. The number of imide groups is 1. The van der Waals surface area contributed by atoms with Gasteiger partial charge in [0.15, 0.2) is 0 Å². The molecule has 0 aromatic heterocycles. The van der Waals surface area contributed by atoms with E-state index in [9.17, 15) is 14.4 Å². The molecule has 5 rings (SSSR count). The van der Waals surface area contributed by atoms with Crippen molar-refractivity contribution in [3.63, 3.8) is 0 Å². The first-order valence-electron chi connectivity index (χ1n) is 10.7. The minimum atomic E-state index is -0.719. The molecular weight excluding hydrogens is 412 g/mol. The summed E-state index contributed by atoms with van der Waals surface area (Å²) in [6.07, 6.45) is 0.552. The highest BCUT2D eigenvalue weighted by molar-refractivity contribution is 6.19. The van der Waals surface area contributed by atoms with E-state index in [0.717, 1.165) is 4.90 Å². The van der Waals surface area contributed by atoms with E-state index in [0.29, 0.717) is 56.5 Å². The van der Waals surface area contributed by atoms with Crippen molar-refractivity contribution in [3.05, 3.63) is 54.6 Å². The molecule has 0 saturated carbocycles. The van der Waals surface area contributed by atoms with E-state index in [1.54, 1.807) is 34.1 Å². The van der Waals surface area contributed by atoms with Crippen LogP contribution in [-0.4, -0.2) is 72.7 Å². The van der Waals surface area contributed by atoms with Crippen LogP contribution in [0.1, 0.15) is 6.42 Å². The molecule has 0 bridgehead atoms. The van der Waals surface area contributed by atoms with Crippen molar-refractivity contribution in [1.82, 2.24) is 15.1 Å². The standard InChI is InChI=1S/C23H24N4O5/c28-21-20-19(10-11-26(20)23(30)25-12-14-31-15-13-25)24-22(29)27(21)16-6-8-18(9-7-16)32-17-4-2-1-3-5-17/h1-9,19-20H,10-15H2,(H,24,29). The van der Waals surface area contributed by atoms with Gasteiger partial charge in [-0.3, -0.25) is 4.79 Å². The average molecular weight is 436 g/mol. The smallest absolute Gasteiger partial charge is 0.329 e. The largest absolute Gasteiger partial charge is 0.457 e. The van der Waals surface area contributed by atoms with Gasteiger partial charge in [0.25, 0.3) is 5.91 Å². The zero-order valence-corrected chi connectivity index (χ0v) is 17.5. The van der Waals surface area contributed by atoms with E-state index in [-0.39, 0.29) is 12.1 Å². The molecule has 3 saturated heterocycles. The Bertz CT molecular complexity index is 1010. The number of morpholine rings is 1. The number of para-hydroxylation sites is 1. The van der Waals surface area contributed by atoms with Gasteiger partial charge in [-0.2, -0.15) is 0 Å². The first-order valence-corrected chi connectivity index (χ1v) is 10.7. The van der Waals surface area contributed by atoms with Crippen LogP contribution in [0.4, 0.5) is 15.3 Å². The lowest BCUT2D eigenvalue weighted by Crippen LogP contribution is -2.66. The Balaban J connectivity index is 1.34. The van der Waals surface area contributed by atoms with Gasteiger partial charge in [-0.15, -0.1) is 0 Å². The molecule has 1 N–H and O–H groups in total. The fourth-order valence-electron chi connectivity index (χ4n) is 4.39. The number of hydrogen-bond acceptors (Lipinski definition) is 5. The number of urea groups is 2. The van der Waals surface area contributed by atoms with Crippen LogP contribution in [0, 0.1) is 0 Å². The van der Waals surface area contributed by atoms with Crippen LogP contribution in [0.3, 0.4) is 0 Å². The lowest BCUT2D eigenvalue weighted by atomic mass is 10.0. The Morgan fingerprint density at radius 1 is 0.938 bits per heavy atom. The van der Waals surface area contributed by atoms with Gasteiger partial charge in [0.05, 0.1) is 24.9 Å². The molecular formula is C23H24N4O5. The Labute approximate surface area is 185 Å². The molecule has 2 aromatic carbocycles. The molecule has 3 fully saturated rings. The van der Waals surface area contributed by atoms with Gasteiger partial charge in [0.1, 0.15) is 17.5 Å². The van der Waals surface area contributed by atoms with Gasteiger partial charge in [-0.25, -0.2) is 14.5 Å². The predicted octanol–water partition coefficient (Wildman–Crippen LogP) is 2.43. The molecule has 3 aliphatic rings. The van der Waals surface area contributed by atoms with Gasteiger partial charge < -0.3 is 24.6 Å². The van der Waals surface area contributed by atoms with Crippen LogP contribution < -0.4 is 15.0 Å². The second-order valence-corrected chi connectivity index (χ2v) is 7.95. The van der Waals surface area contributed by atoms with E-state index in [1.165, 1.54) is 0 Å². The molecule has 0 spiro atoms. The fraction of sp³-hybridized carbons (Fsp3) is 0.348. The first-order chi connectivity index (χ1) is 15.6. The lowest BCUT2D eigenvalue weighted by molar-refractivity contribution is -0.122. The maximum atomic E-state index is 13.4. The number of ether oxygens (including phenoxy) is 2. The Morgan fingerprint density at radius 2 is 1.62 bits per heavy atom. The van der Waals surface area contributed by atoms with Gasteiger partial charge in [0, 0.05) is 19.6 Å². The van der Waals surface area contributed by atoms with Crippen molar-refractivity contribution >= 4 is 23.7 Å². The summed E-state index contributed by atoms with van der Waals surface area (Å²) in [6, 6.07) is 14.3. The van der Waals surface area contributed by atoms with E-state index < -0.39 is 18.0 Å². The molecule has 3 heterocycles. The zero-order chi connectivity index (χ0) is 22.1. The second-order valence-electron chi connectivity index (χ2n) is 7.95. The van der Waals surface area contributed by atoms with Crippen LogP contribution in [0.15, 0.2) is 54.6 Å². The maximum Gasteiger partial charge on any atom is 0.329 e. The SMILES string of the molecule is O=C1NC2CCN(C(=O)N3CCOCC3)C2C(=O)N1c1ccc(Oc2ccccc2)cc1. The summed E-state index contributed by atoms with van der Waals surface area (Å²) < 4.78 is 11.1. The summed E-state index contributed by atoms with van der Waals surface area (Å²) in [5, 5.41) is 2.90. The third kappa shape index (κ3) is 3.75. The summed E-state index contributed by atoms with van der Waals surface area (Å²) in [5.74, 6) is 0.889. The number of likely N-dealkylation sites (tertiary alicyclic amines) is 1. The fourth-order valence-corrected chi connectivity index (χ4v) is 4.39. The molecule has 2 unspecified atom stereocenters. The van der Waals surface area contributed by atoms with Crippen LogP contribution in [0.25, 0.3) is 0 Å². The molecule has 3 aliphatic heterocycles. The van der Waals surface area contributed by atoms with E-state index in [2.05, 4.69) is 5.32 Å². The number of anilines is 1. The van der Waals surface area contributed by atoms with Crippen molar-refractivity contribution < 1.29 is 23.9 Å². The van der Waals surface area contributed by atoms with Gasteiger partial charge >= 0.3 is 12.1 Å². The average Bonchev–Trinajstić information content (AvgIpc) is 3.25. The van der Waals surface area contributed by atoms with Crippen LogP contribution >= 0.6 is 0 Å². The molecule has 166 valence electrons. The van der Waals surface area contributed by atoms with Crippen molar-refractivity contribution in [1.29, 1.82) is 0 Å². The highest BCUT2D eigenvalue weighted by Crippen LogP contribution is 2.30. The Kier molecular flexibility index (Phi) is 5.40. The number of carbonyl (C=O) groups is 3. The number of carbonyl (C=O) groups excluding carboxylic acids is 3. The molecule has 0 radical (unpaired) electrons. The van der Waals surface area contributed by atoms with Gasteiger partial charge in [0.2, 0.25) is 0 Å². The molecule has 32 heavy (non-hydrogen) atoms. The van der Waals surface area contributed by atoms with E-state index >= 15 is 0 Å². The van der Waals surface area contributed by atoms with Crippen molar-refractivity contribution in [2.24, 2.45) is 0 Å². The number of amides is 5. The summed E-state index contributed by atoms with van der Waals surface area (Å²) >= 11 is 0. The molecule has 0 aliphatic carbocycles. The highest BCUT2D eigenvalue weighted by atomic mass is 16.5. The third-order valence-corrected chi connectivity index (χ3v) is 5.98. The van der Waals surface area contributed by atoms with Gasteiger partial charge in [-0.05, 0) is 42.8 Å². The monoisotopic (exact) mass is 436 g/mol. The molecule has 9 heteroatoms. The normalized spacial score (nSPS) is 23.1. The third-order valence-electron chi connectivity index (χ3n) is 5.98.